The fourth-order valence-electron chi connectivity index (χ4n) is 9.99. The van der Waals surface area contributed by atoms with Crippen LogP contribution in [0, 0.1) is 34.5 Å². The molecule has 1 heteroatoms. The van der Waals surface area contributed by atoms with Crippen LogP contribution in [0.5, 0.6) is 0 Å². The SMILES string of the molecule is CC12CCC3C(CCC4(N)CCCCC34C)C1CCC2CCC=C(c1ccccc1)c1ccccc1. The second-order valence-corrected chi connectivity index (χ2v) is 13.4. The first kappa shape index (κ1) is 24.5. The number of benzene rings is 2. The minimum absolute atomic E-state index is 0.119. The molecule has 4 saturated carbocycles. The topological polar surface area (TPSA) is 26.0 Å². The highest BCUT2D eigenvalue weighted by Gasteiger charge is 2.62. The van der Waals surface area contributed by atoms with E-state index in [0.29, 0.717) is 10.8 Å². The summed E-state index contributed by atoms with van der Waals surface area (Å²) in [6.45, 7) is 5.30. The Morgan fingerprint density at radius 2 is 1.44 bits per heavy atom. The lowest BCUT2D eigenvalue weighted by molar-refractivity contribution is -0.122. The quantitative estimate of drug-likeness (QED) is 0.453. The molecule has 7 atom stereocenters. The third-order valence-electron chi connectivity index (χ3n) is 12.1. The molecular weight excluding hydrogens is 434 g/mol. The molecule has 192 valence electrons. The van der Waals surface area contributed by atoms with Crippen molar-refractivity contribution in [3.8, 4) is 0 Å². The number of nitrogens with two attached hydrogens (primary N) is 1. The van der Waals surface area contributed by atoms with E-state index < -0.39 is 0 Å². The first-order valence-corrected chi connectivity index (χ1v) is 15.0. The molecule has 0 bridgehead atoms. The molecule has 2 aromatic rings. The number of hydrogen-bond donors (Lipinski definition) is 1. The normalized spacial score (nSPS) is 39.5. The second-order valence-electron chi connectivity index (χ2n) is 13.4. The van der Waals surface area contributed by atoms with Gasteiger partial charge in [-0.05, 0) is 115 Å². The molecule has 4 aliphatic rings. The molecule has 7 unspecified atom stereocenters. The van der Waals surface area contributed by atoms with E-state index in [1.807, 2.05) is 0 Å². The van der Waals surface area contributed by atoms with Crippen molar-refractivity contribution in [1.82, 2.24) is 0 Å². The Morgan fingerprint density at radius 3 is 2.14 bits per heavy atom. The van der Waals surface area contributed by atoms with Crippen LogP contribution in [0.1, 0.15) is 102 Å². The Morgan fingerprint density at radius 1 is 0.778 bits per heavy atom. The van der Waals surface area contributed by atoms with Crippen molar-refractivity contribution in [3.05, 3.63) is 77.9 Å². The van der Waals surface area contributed by atoms with E-state index in [9.17, 15) is 0 Å². The molecule has 36 heavy (non-hydrogen) atoms. The van der Waals surface area contributed by atoms with Crippen molar-refractivity contribution in [2.45, 2.75) is 96.4 Å². The van der Waals surface area contributed by atoms with Gasteiger partial charge >= 0.3 is 0 Å². The summed E-state index contributed by atoms with van der Waals surface area (Å²) < 4.78 is 0. The molecule has 0 heterocycles. The number of fused-ring (bicyclic) bond motifs is 5. The lowest BCUT2D eigenvalue weighted by Gasteiger charge is -2.64. The van der Waals surface area contributed by atoms with Crippen molar-refractivity contribution < 1.29 is 0 Å². The van der Waals surface area contributed by atoms with Crippen LogP contribution < -0.4 is 5.73 Å². The smallest absolute Gasteiger partial charge is 0.0211 e. The highest BCUT2D eigenvalue weighted by atomic mass is 14.8. The average molecular weight is 482 g/mol. The van der Waals surface area contributed by atoms with E-state index in [1.54, 1.807) is 0 Å². The van der Waals surface area contributed by atoms with E-state index >= 15 is 0 Å². The molecule has 0 aliphatic heterocycles. The first-order chi connectivity index (χ1) is 17.4. The molecule has 0 spiro atoms. The maximum absolute atomic E-state index is 7.19. The van der Waals surface area contributed by atoms with E-state index in [0.717, 1.165) is 23.7 Å². The Labute approximate surface area is 220 Å². The molecule has 0 aromatic heterocycles. The lowest BCUT2D eigenvalue weighted by atomic mass is 9.42. The van der Waals surface area contributed by atoms with Crippen molar-refractivity contribution in [2.75, 3.05) is 0 Å². The summed E-state index contributed by atoms with van der Waals surface area (Å²) in [6.07, 6.45) is 18.9. The van der Waals surface area contributed by atoms with Gasteiger partial charge in [0.2, 0.25) is 0 Å². The van der Waals surface area contributed by atoms with Crippen molar-refractivity contribution in [2.24, 2.45) is 40.2 Å². The van der Waals surface area contributed by atoms with Crippen LogP contribution in [0.3, 0.4) is 0 Å². The van der Waals surface area contributed by atoms with Crippen LogP contribution in [-0.4, -0.2) is 5.54 Å². The predicted octanol–water partition coefficient (Wildman–Crippen LogP) is 9.03. The molecular formula is C35H47N. The number of hydrogen-bond acceptors (Lipinski definition) is 1. The highest BCUT2D eigenvalue weighted by molar-refractivity contribution is 5.79. The van der Waals surface area contributed by atoms with Crippen LogP contribution in [-0.2, 0) is 0 Å². The van der Waals surface area contributed by atoms with Gasteiger partial charge in [-0.3, -0.25) is 0 Å². The summed E-state index contributed by atoms with van der Waals surface area (Å²) in [6, 6.07) is 22.0. The van der Waals surface area contributed by atoms with Gasteiger partial charge in [-0.2, -0.15) is 0 Å². The maximum atomic E-state index is 7.19. The summed E-state index contributed by atoms with van der Waals surface area (Å²) in [7, 11) is 0. The van der Waals surface area contributed by atoms with E-state index in [4.69, 9.17) is 5.73 Å². The van der Waals surface area contributed by atoms with E-state index in [-0.39, 0.29) is 5.54 Å². The average Bonchev–Trinajstić information content (AvgIpc) is 3.24. The van der Waals surface area contributed by atoms with Gasteiger partial charge in [0.1, 0.15) is 0 Å². The van der Waals surface area contributed by atoms with Crippen LogP contribution in [0.4, 0.5) is 0 Å². The Kier molecular flexibility index (Phi) is 6.43. The molecule has 2 aromatic carbocycles. The van der Waals surface area contributed by atoms with Crippen LogP contribution >= 0.6 is 0 Å². The maximum Gasteiger partial charge on any atom is 0.0211 e. The summed E-state index contributed by atoms with van der Waals surface area (Å²) in [5, 5.41) is 0. The Balaban J connectivity index is 1.19. The Bertz CT molecular complexity index is 1030. The van der Waals surface area contributed by atoms with Gasteiger partial charge in [0, 0.05) is 5.54 Å². The highest BCUT2D eigenvalue weighted by Crippen LogP contribution is 2.68. The monoisotopic (exact) mass is 481 g/mol. The van der Waals surface area contributed by atoms with Gasteiger partial charge in [-0.1, -0.05) is 93.4 Å². The molecule has 0 radical (unpaired) electrons. The van der Waals surface area contributed by atoms with Crippen LogP contribution in [0.15, 0.2) is 66.7 Å². The molecule has 4 aliphatic carbocycles. The predicted molar refractivity (Wildman–Crippen MR) is 152 cm³/mol. The summed E-state index contributed by atoms with van der Waals surface area (Å²) in [5.41, 5.74) is 12.3. The molecule has 0 amide bonds. The fourth-order valence-corrected chi connectivity index (χ4v) is 9.99. The van der Waals surface area contributed by atoms with Gasteiger partial charge in [-0.15, -0.1) is 0 Å². The fraction of sp³-hybridized carbons (Fsp3) is 0.600. The minimum Gasteiger partial charge on any atom is -0.325 e. The van der Waals surface area contributed by atoms with Gasteiger partial charge in [-0.25, -0.2) is 0 Å². The van der Waals surface area contributed by atoms with Gasteiger partial charge < -0.3 is 5.73 Å². The third-order valence-corrected chi connectivity index (χ3v) is 12.1. The number of allylic oxidation sites excluding steroid dienone is 1. The molecule has 1 nitrogen and oxygen atoms in total. The second kappa shape index (κ2) is 9.46. The molecule has 6 rings (SSSR count). The van der Waals surface area contributed by atoms with Crippen LogP contribution in [0.2, 0.25) is 0 Å². The summed E-state index contributed by atoms with van der Waals surface area (Å²) in [5.74, 6) is 3.59. The van der Waals surface area contributed by atoms with E-state index in [1.165, 1.54) is 93.7 Å². The zero-order valence-electron chi connectivity index (χ0n) is 22.7. The van der Waals surface area contributed by atoms with E-state index in [2.05, 4.69) is 80.6 Å². The van der Waals surface area contributed by atoms with Crippen LogP contribution in [0.25, 0.3) is 5.57 Å². The number of rotatable bonds is 5. The minimum atomic E-state index is 0.119. The largest absolute Gasteiger partial charge is 0.325 e. The van der Waals surface area contributed by atoms with Gasteiger partial charge in [0.15, 0.2) is 0 Å². The Hall–Kier alpha value is -1.86. The molecule has 4 fully saturated rings. The lowest BCUT2D eigenvalue weighted by Crippen LogP contribution is -2.65. The van der Waals surface area contributed by atoms with Gasteiger partial charge in [0.05, 0.1) is 0 Å². The third kappa shape index (κ3) is 3.92. The standard InChI is InChI=1S/C35H47N/c1-33-24-21-32-30(20-25-35(36)23-10-9-22-34(32,35)2)31(33)19-18-28(33)16-11-17-29(26-12-5-3-6-13-26)27-14-7-4-8-15-27/h3-8,12-15,17,28,30-32H,9-11,16,18-25,36H2,1-2H3. The van der Waals surface area contributed by atoms with Crippen molar-refractivity contribution in [1.29, 1.82) is 0 Å². The molecule has 0 saturated heterocycles. The summed E-state index contributed by atoms with van der Waals surface area (Å²) in [4.78, 5) is 0. The van der Waals surface area contributed by atoms with Crippen molar-refractivity contribution in [3.63, 3.8) is 0 Å². The summed E-state index contributed by atoms with van der Waals surface area (Å²) >= 11 is 0. The molecule has 2 N–H and O–H groups in total. The zero-order chi connectivity index (χ0) is 24.8. The van der Waals surface area contributed by atoms with Crippen molar-refractivity contribution >= 4 is 5.57 Å². The first-order valence-electron chi connectivity index (χ1n) is 15.0. The van der Waals surface area contributed by atoms with Gasteiger partial charge in [0.25, 0.3) is 0 Å². The zero-order valence-corrected chi connectivity index (χ0v) is 22.7.